The van der Waals surface area contributed by atoms with Gasteiger partial charge < -0.3 is 11.5 Å². The second-order valence-corrected chi connectivity index (χ2v) is 6.99. The van der Waals surface area contributed by atoms with Gasteiger partial charge in [-0.3, -0.25) is 9.97 Å². The molecule has 4 aromatic rings. The number of rotatable bonds is 2. The summed E-state index contributed by atoms with van der Waals surface area (Å²) < 4.78 is 3.60. The normalized spacial score (nSPS) is 8.97. The molecule has 2 heterocycles. The molecule has 4 rings (SSSR count). The van der Waals surface area contributed by atoms with Crippen LogP contribution in [0.2, 0.25) is 0 Å². The first-order valence-electron chi connectivity index (χ1n) is 9.82. The zero-order valence-electron chi connectivity index (χ0n) is 18.1. The van der Waals surface area contributed by atoms with Gasteiger partial charge in [0.05, 0.1) is 11.4 Å². The fraction of sp³-hybridized carbons (Fsp3) is 0.0833. The molecule has 0 spiro atoms. The second-order valence-electron chi connectivity index (χ2n) is 5.90. The van der Waals surface area contributed by atoms with Crippen LogP contribution in [0.5, 0.6) is 0 Å². The molecular weight excluding hydrogens is 481 g/mol. The monoisotopic (exact) mass is 506 g/mol. The van der Waals surface area contributed by atoms with Crippen molar-refractivity contribution in [3.8, 4) is 22.5 Å². The van der Waals surface area contributed by atoms with Crippen LogP contribution in [0.15, 0.2) is 100 Å². The molecule has 163 valence electrons. The number of hydrogen-bond donors (Lipinski definition) is 3. The molecule has 0 saturated carbocycles. The molecule has 1 radical (unpaired) electrons. The van der Waals surface area contributed by atoms with Crippen LogP contribution in [0.4, 0.5) is 11.4 Å². The van der Waals surface area contributed by atoms with Gasteiger partial charge in [-0.25, -0.2) is 0 Å². The van der Waals surface area contributed by atoms with E-state index in [-0.39, 0.29) is 0 Å². The van der Waals surface area contributed by atoms with Crippen LogP contribution in [0.3, 0.4) is 0 Å². The van der Waals surface area contributed by atoms with Gasteiger partial charge in [0.25, 0.3) is 0 Å². The zero-order valence-corrected chi connectivity index (χ0v) is 20.5. The second kappa shape index (κ2) is 15.8. The molecule has 2 aromatic heterocycles. The van der Waals surface area contributed by atoms with Crippen molar-refractivity contribution >= 4 is 47.8 Å². The van der Waals surface area contributed by atoms with E-state index >= 15 is 0 Å². The van der Waals surface area contributed by atoms with E-state index in [9.17, 15) is 0 Å². The molecule has 0 aliphatic heterocycles. The third-order valence-corrected chi connectivity index (χ3v) is 4.52. The van der Waals surface area contributed by atoms with Crippen molar-refractivity contribution < 1.29 is 0 Å². The molecule has 32 heavy (non-hydrogen) atoms. The summed E-state index contributed by atoms with van der Waals surface area (Å²) in [5.74, 6) is 0. The fourth-order valence-corrected chi connectivity index (χ4v) is 2.79. The standard InChI is InChI=1S/C11H9BrN2.C11H10N2.C2H6.BHNS/c12-9-7-8(4-5-10(9)13)11-3-1-2-6-14-11;12-10-6-4-9(5-7-10)11-3-1-2-8-13-11;1-2;1-2-3/h1-7H,13H2;1-8H,12H2;1-2H3;3H. The topological polar surface area (TPSA) is 90.2 Å². The van der Waals surface area contributed by atoms with E-state index in [4.69, 9.17) is 11.5 Å². The van der Waals surface area contributed by atoms with Crippen molar-refractivity contribution in [3.05, 3.63) is 95.7 Å². The van der Waals surface area contributed by atoms with Crippen molar-refractivity contribution in [1.82, 2.24) is 9.97 Å². The molecule has 0 fully saturated rings. The van der Waals surface area contributed by atoms with Crippen molar-refractivity contribution in [2.24, 2.45) is 4.30 Å². The average Bonchev–Trinajstić information content (AvgIpc) is 2.85. The predicted octanol–water partition coefficient (Wildman–Crippen LogP) is 6.63. The van der Waals surface area contributed by atoms with Crippen LogP contribution in [-0.2, 0) is 0 Å². The summed E-state index contributed by atoms with van der Waals surface area (Å²) in [4.78, 5) is 8.50. The summed E-state index contributed by atoms with van der Waals surface area (Å²) in [6.45, 7) is 4.00. The summed E-state index contributed by atoms with van der Waals surface area (Å²) in [5, 5.41) is 0. The Morgan fingerprint density at radius 1 is 0.781 bits per heavy atom. The number of nitrogens with zero attached hydrogens (tertiary/aromatic N) is 3. The van der Waals surface area contributed by atoms with Gasteiger partial charge in [-0.15, -0.1) is 0 Å². The Kier molecular flexibility index (Phi) is 13.3. The van der Waals surface area contributed by atoms with Crippen LogP contribution >= 0.6 is 28.7 Å². The first-order chi connectivity index (χ1) is 15.5. The molecule has 0 aliphatic rings. The van der Waals surface area contributed by atoms with E-state index < -0.39 is 0 Å². The number of aromatic nitrogens is 2. The van der Waals surface area contributed by atoms with Gasteiger partial charge in [0.15, 0.2) is 0 Å². The van der Waals surface area contributed by atoms with Gasteiger partial charge in [-0.1, -0.05) is 44.2 Å². The summed E-state index contributed by atoms with van der Waals surface area (Å²) in [5.41, 5.74) is 16.9. The Morgan fingerprint density at radius 2 is 1.25 bits per heavy atom. The Morgan fingerprint density at radius 3 is 1.69 bits per heavy atom. The first kappa shape index (κ1) is 27.1. The third-order valence-electron chi connectivity index (χ3n) is 3.83. The Balaban J connectivity index is 0.000000268. The van der Waals surface area contributed by atoms with Crippen molar-refractivity contribution in [1.29, 1.82) is 0 Å². The first-order valence-corrected chi connectivity index (χ1v) is 11.0. The third kappa shape index (κ3) is 9.45. The molecule has 0 bridgehead atoms. The maximum absolute atomic E-state index is 5.70. The Labute approximate surface area is 205 Å². The number of hydrogen-bond acceptors (Lipinski definition) is 6. The van der Waals surface area contributed by atoms with Crippen molar-refractivity contribution in [3.63, 3.8) is 0 Å². The van der Waals surface area contributed by atoms with Gasteiger partial charge in [0.1, 0.15) is 0 Å². The molecule has 2 aromatic carbocycles. The molecular formula is C24H26BBrN5S. The molecule has 0 unspecified atom stereocenters. The van der Waals surface area contributed by atoms with Crippen LogP contribution in [0.25, 0.3) is 22.5 Å². The van der Waals surface area contributed by atoms with E-state index in [0.29, 0.717) is 0 Å². The number of thiol groups is 1. The predicted molar refractivity (Wildman–Crippen MR) is 144 cm³/mol. The average molecular weight is 507 g/mol. The van der Waals surface area contributed by atoms with Gasteiger partial charge in [-0.2, -0.15) is 0 Å². The molecule has 0 saturated heterocycles. The van der Waals surface area contributed by atoms with Crippen LogP contribution < -0.4 is 11.5 Å². The fourth-order valence-electron chi connectivity index (χ4n) is 2.41. The summed E-state index contributed by atoms with van der Waals surface area (Å²) in [6, 6.07) is 25.2. The molecule has 8 heteroatoms. The number of benzene rings is 2. The summed E-state index contributed by atoms with van der Waals surface area (Å²) in [7, 11) is 4.34. The van der Waals surface area contributed by atoms with E-state index in [0.717, 1.165) is 38.4 Å². The summed E-state index contributed by atoms with van der Waals surface area (Å²) >= 11 is 6.58. The molecule has 0 amide bonds. The molecule has 0 atom stereocenters. The van der Waals surface area contributed by atoms with Gasteiger partial charge in [0, 0.05) is 39.4 Å². The SMILES string of the molecule is CC.Nc1ccc(-c2ccccn2)cc1.Nc1ccc(-c2ccccn2)cc1Br.[B]=NS. The van der Waals surface area contributed by atoms with Gasteiger partial charge in [0.2, 0.25) is 0 Å². The number of anilines is 2. The van der Waals surface area contributed by atoms with Crippen molar-refractivity contribution in [2.75, 3.05) is 11.5 Å². The maximum atomic E-state index is 5.70. The quantitative estimate of drug-likeness (QED) is 0.161. The van der Waals surface area contributed by atoms with Crippen LogP contribution in [-0.4, -0.2) is 17.6 Å². The van der Waals surface area contributed by atoms with Crippen molar-refractivity contribution in [2.45, 2.75) is 13.8 Å². The number of nitrogens with two attached hydrogens (primary N) is 2. The van der Waals surface area contributed by atoms with E-state index in [1.165, 1.54) is 0 Å². The molecule has 4 N–H and O–H groups in total. The Bertz CT molecular complexity index is 1050. The van der Waals surface area contributed by atoms with Gasteiger partial charge in [-0.05, 0) is 64.5 Å². The molecule has 5 nitrogen and oxygen atoms in total. The number of pyridine rings is 2. The number of nitrogen functional groups attached to an aromatic ring is 2. The molecule has 0 aliphatic carbocycles. The van der Waals surface area contributed by atoms with E-state index in [2.05, 4.69) is 50.7 Å². The zero-order chi connectivity index (χ0) is 23.8. The minimum absolute atomic E-state index is 0.740. The van der Waals surface area contributed by atoms with Gasteiger partial charge >= 0.3 is 24.8 Å². The summed E-state index contributed by atoms with van der Waals surface area (Å²) in [6.07, 6.45) is 3.56. The van der Waals surface area contributed by atoms with E-state index in [1.807, 2.05) is 92.7 Å². The van der Waals surface area contributed by atoms with Crippen LogP contribution in [0, 0.1) is 0 Å². The Hall–Kier alpha value is -2.97. The van der Waals surface area contributed by atoms with E-state index in [1.54, 1.807) is 12.4 Å². The minimum atomic E-state index is 0.740. The number of halogens is 1. The van der Waals surface area contributed by atoms with Crippen LogP contribution in [0.1, 0.15) is 13.8 Å².